The van der Waals surface area contributed by atoms with Crippen LogP contribution in [0.5, 0.6) is 0 Å². The molecular weight excluding hydrogens is 299 g/mol. The predicted molar refractivity (Wildman–Crippen MR) is 55.0 cm³/mol. The summed E-state index contributed by atoms with van der Waals surface area (Å²) < 4.78 is 86.4. The second kappa shape index (κ2) is 6.49. The summed E-state index contributed by atoms with van der Waals surface area (Å²) in [6.07, 6.45) is -4.13. The smallest absolute Gasteiger partial charge is 0.451 e. The van der Waals surface area contributed by atoms with Crippen LogP contribution in [0.25, 0.3) is 0 Å². The Kier molecular flexibility index (Phi) is 6.17. The van der Waals surface area contributed by atoms with Gasteiger partial charge < -0.3 is 4.74 Å². The zero-order chi connectivity index (χ0) is 15.3. The predicted octanol–water partition coefficient (Wildman–Crippen LogP) is 2.64. The maximum Gasteiger partial charge on any atom is 0.451 e. The Hall–Kier alpha value is -0.930. The molecule has 0 fully saturated rings. The quantitative estimate of drug-likeness (QED) is 0.314. The summed E-state index contributed by atoms with van der Waals surface area (Å²) in [6, 6.07) is 0. The van der Waals surface area contributed by atoms with Crippen molar-refractivity contribution in [3.8, 4) is 0 Å². The Bertz CT molecular complexity index is 405. The van der Waals surface area contributed by atoms with Crippen LogP contribution in [0.3, 0.4) is 0 Å². The lowest BCUT2D eigenvalue weighted by atomic mass is 10.2. The van der Waals surface area contributed by atoms with Gasteiger partial charge in [-0.15, -0.1) is 3.89 Å². The van der Waals surface area contributed by atoms with Gasteiger partial charge in [0.15, 0.2) is 0 Å². The number of ether oxygens (including phenoxy) is 1. The average Bonchev–Trinajstić information content (AvgIpc) is 2.24. The Morgan fingerprint density at radius 2 is 1.63 bits per heavy atom. The van der Waals surface area contributed by atoms with E-state index in [1.54, 1.807) is 0 Å². The van der Waals surface area contributed by atoms with Gasteiger partial charge in [0.2, 0.25) is 0 Å². The summed E-state index contributed by atoms with van der Waals surface area (Å²) in [5, 5.41) is -5.68. The molecule has 0 aliphatic carbocycles. The number of halogens is 5. The van der Waals surface area contributed by atoms with Crippen LogP contribution in [-0.4, -0.2) is 32.2 Å². The van der Waals surface area contributed by atoms with Crippen LogP contribution in [0, 0.1) is 0 Å². The highest BCUT2D eigenvalue weighted by atomic mass is 32.3. The Balaban J connectivity index is 4.80. The molecule has 0 N–H and O–H groups in total. The Morgan fingerprint density at radius 1 is 1.11 bits per heavy atom. The van der Waals surface area contributed by atoms with E-state index in [1.807, 2.05) is 6.92 Å². The first-order chi connectivity index (χ1) is 8.48. The third-order valence-corrected chi connectivity index (χ3v) is 3.26. The maximum atomic E-state index is 13.2. The summed E-state index contributed by atoms with van der Waals surface area (Å²) >= 11 is 0. The van der Waals surface area contributed by atoms with Gasteiger partial charge in [-0.2, -0.15) is 21.6 Å². The van der Waals surface area contributed by atoms with Crippen molar-refractivity contribution in [3.05, 3.63) is 0 Å². The zero-order valence-electron chi connectivity index (χ0n) is 9.97. The first-order valence-corrected chi connectivity index (χ1v) is 6.74. The van der Waals surface area contributed by atoms with Crippen molar-refractivity contribution in [1.82, 2.24) is 0 Å². The van der Waals surface area contributed by atoms with Crippen LogP contribution >= 0.6 is 0 Å². The van der Waals surface area contributed by atoms with Crippen LogP contribution in [0.4, 0.5) is 21.4 Å². The van der Waals surface area contributed by atoms with Crippen LogP contribution < -0.4 is 0 Å². The van der Waals surface area contributed by atoms with Crippen molar-refractivity contribution in [2.45, 2.75) is 43.8 Å². The number of carbonyl (C=O) groups is 1. The lowest BCUT2D eigenvalue weighted by Crippen LogP contribution is -2.53. The summed E-state index contributed by atoms with van der Waals surface area (Å²) in [6.45, 7) is 1.23. The molecule has 0 heterocycles. The zero-order valence-corrected chi connectivity index (χ0v) is 10.8. The molecular formula is C9H13F5O4S. The van der Waals surface area contributed by atoms with E-state index in [0.29, 0.717) is 12.8 Å². The molecule has 0 aliphatic rings. The SMILES string of the molecule is CCCCCCOC(=O)C(F)(C(F)(F)F)S(=O)(=O)F. The molecule has 114 valence electrons. The molecule has 0 radical (unpaired) electrons. The van der Waals surface area contributed by atoms with Crippen molar-refractivity contribution in [1.29, 1.82) is 0 Å². The standard InChI is InChI=1S/C9H13F5O4S/c1-2-3-4-5-6-18-7(15)8(10,9(11,12)13)19(14,16)17/h2-6H2,1H3. The number of hydrogen-bond acceptors (Lipinski definition) is 4. The summed E-state index contributed by atoms with van der Waals surface area (Å²) in [5.74, 6) is -2.81. The van der Waals surface area contributed by atoms with Gasteiger partial charge in [0, 0.05) is 0 Å². The largest absolute Gasteiger partial charge is 0.462 e. The van der Waals surface area contributed by atoms with E-state index in [1.165, 1.54) is 0 Å². The minimum absolute atomic E-state index is 0.125. The van der Waals surface area contributed by atoms with Crippen LogP contribution in [-0.2, 0) is 19.8 Å². The normalized spacial score (nSPS) is 15.9. The number of unbranched alkanes of at least 4 members (excludes halogenated alkanes) is 3. The molecule has 0 aromatic rings. The third-order valence-electron chi connectivity index (χ3n) is 2.19. The van der Waals surface area contributed by atoms with E-state index in [9.17, 15) is 34.7 Å². The highest BCUT2D eigenvalue weighted by molar-refractivity contribution is 7.88. The van der Waals surface area contributed by atoms with Gasteiger partial charge in [-0.05, 0) is 6.42 Å². The first-order valence-electron chi connectivity index (χ1n) is 5.35. The molecule has 1 unspecified atom stereocenters. The molecule has 0 rings (SSSR count). The lowest BCUT2D eigenvalue weighted by molar-refractivity contribution is -0.214. The van der Waals surface area contributed by atoms with Gasteiger partial charge >= 0.3 is 27.4 Å². The number of esters is 1. The van der Waals surface area contributed by atoms with E-state index in [0.717, 1.165) is 6.42 Å². The Labute approximate surface area is 107 Å². The minimum atomic E-state index is -6.83. The van der Waals surface area contributed by atoms with E-state index in [4.69, 9.17) is 0 Å². The molecule has 4 nitrogen and oxygen atoms in total. The van der Waals surface area contributed by atoms with Gasteiger partial charge in [-0.25, -0.2) is 9.18 Å². The fourth-order valence-electron chi connectivity index (χ4n) is 1.14. The van der Waals surface area contributed by atoms with Crippen molar-refractivity contribution < 1.29 is 39.4 Å². The number of alkyl halides is 4. The Morgan fingerprint density at radius 3 is 2.00 bits per heavy atom. The number of rotatable bonds is 7. The van der Waals surface area contributed by atoms with Gasteiger partial charge in [0.05, 0.1) is 6.61 Å². The molecule has 0 saturated heterocycles. The molecule has 0 amide bonds. The molecule has 0 spiro atoms. The maximum absolute atomic E-state index is 13.2. The van der Waals surface area contributed by atoms with Crippen LogP contribution in [0.2, 0.25) is 0 Å². The number of hydrogen-bond donors (Lipinski definition) is 0. The molecule has 1 atom stereocenters. The molecule has 0 aliphatic heterocycles. The summed E-state index contributed by atoms with van der Waals surface area (Å²) in [4.78, 5) is 10.9. The van der Waals surface area contributed by atoms with Crippen LogP contribution in [0.15, 0.2) is 0 Å². The third kappa shape index (κ3) is 4.29. The highest BCUT2D eigenvalue weighted by Crippen LogP contribution is 2.40. The van der Waals surface area contributed by atoms with Gasteiger partial charge in [-0.3, -0.25) is 0 Å². The molecule has 0 saturated carbocycles. The second-order valence-electron chi connectivity index (χ2n) is 3.73. The van der Waals surface area contributed by atoms with Crippen molar-refractivity contribution >= 4 is 16.2 Å². The molecule has 0 bridgehead atoms. The van der Waals surface area contributed by atoms with E-state index < -0.39 is 34.0 Å². The van der Waals surface area contributed by atoms with Crippen molar-refractivity contribution in [3.63, 3.8) is 0 Å². The number of carbonyl (C=O) groups excluding carboxylic acids is 1. The fourth-order valence-corrected chi connectivity index (χ4v) is 1.67. The minimum Gasteiger partial charge on any atom is -0.462 e. The van der Waals surface area contributed by atoms with Gasteiger partial charge in [0.1, 0.15) is 0 Å². The summed E-state index contributed by atoms with van der Waals surface area (Å²) in [7, 11) is -6.83. The average molecular weight is 312 g/mol. The van der Waals surface area contributed by atoms with Gasteiger partial charge in [-0.1, -0.05) is 26.2 Å². The van der Waals surface area contributed by atoms with E-state index in [-0.39, 0.29) is 6.42 Å². The van der Waals surface area contributed by atoms with Gasteiger partial charge in [0.25, 0.3) is 0 Å². The van der Waals surface area contributed by atoms with E-state index >= 15 is 0 Å². The molecule has 0 aromatic carbocycles. The first kappa shape index (κ1) is 18.1. The monoisotopic (exact) mass is 312 g/mol. The lowest BCUT2D eigenvalue weighted by Gasteiger charge is -2.21. The van der Waals surface area contributed by atoms with Crippen molar-refractivity contribution in [2.24, 2.45) is 0 Å². The highest BCUT2D eigenvalue weighted by Gasteiger charge is 2.73. The second-order valence-corrected chi connectivity index (χ2v) is 5.17. The van der Waals surface area contributed by atoms with E-state index in [2.05, 4.69) is 4.74 Å². The topological polar surface area (TPSA) is 60.4 Å². The summed E-state index contributed by atoms with van der Waals surface area (Å²) in [5.41, 5.74) is 0. The molecule has 10 heteroatoms. The molecule has 19 heavy (non-hydrogen) atoms. The van der Waals surface area contributed by atoms with Crippen molar-refractivity contribution in [2.75, 3.05) is 6.61 Å². The van der Waals surface area contributed by atoms with Crippen LogP contribution in [0.1, 0.15) is 32.6 Å². The fraction of sp³-hybridized carbons (Fsp3) is 0.889. The molecule has 0 aromatic heterocycles.